The maximum absolute atomic E-state index is 9.50. The summed E-state index contributed by atoms with van der Waals surface area (Å²) >= 11 is 0. The Labute approximate surface area is 103 Å². The third-order valence-electron chi connectivity index (χ3n) is 2.31. The van der Waals surface area contributed by atoms with E-state index in [1.165, 1.54) is 6.08 Å². The van der Waals surface area contributed by atoms with Crippen LogP contribution in [0.5, 0.6) is 0 Å². The van der Waals surface area contributed by atoms with E-state index in [0.717, 1.165) is 5.56 Å². The number of rotatable bonds is 7. The van der Waals surface area contributed by atoms with Gasteiger partial charge in [-0.15, -0.1) is 13.2 Å². The van der Waals surface area contributed by atoms with Gasteiger partial charge in [-0.05, 0) is 5.56 Å². The lowest BCUT2D eigenvalue weighted by molar-refractivity contribution is 0.0256. The molecule has 0 amide bonds. The van der Waals surface area contributed by atoms with Crippen LogP contribution >= 0.6 is 0 Å². The number of hydrogen-bond donors (Lipinski definition) is 1. The van der Waals surface area contributed by atoms with Gasteiger partial charge >= 0.3 is 0 Å². The first-order valence-corrected chi connectivity index (χ1v) is 5.54. The molecule has 0 aliphatic heterocycles. The van der Waals surface area contributed by atoms with E-state index < -0.39 is 12.2 Å². The Bertz CT molecular complexity index is 368. The fraction of sp³-hybridized carbons (Fsp3) is 0.200. The molecule has 0 aromatic heterocycles. The fourth-order valence-electron chi connectivity index (χ4n) is 1.36. The molecule has 0 unspecified atom stereocenters. The summed E-state index contributed by atoms with van der Waals surface area (Å²) in [5, 5.41) is 9.50. The van der Waals surface area contributed by atoms with Gasteiger partial charge in [-0.1, -0.05) is 54.6 Å². The third-order valence-corrected chi connectivity index (χ3v) is 2.31. The standard InChI is InChI=1S/C15H18O2/c1-3-14(16)15(4-2)17-12-8-11-13-9-6-5-7-10-13/h3-11,14-16H,1-2,12H2/b11-8+/t14-,15-/m1/s1. The first kappa shape index (κ1) is 13.4. The van der Waals surface area contributed by atoms with Gasteiger partial charge in [0, 0.05) is 0 Å². The van der Waals surface area contributed by atoms with Gasteiger partial charge in [0.1, 0.15) is 12.2 Å². The van der Waals surface area contributed by atoms with E-state index in [4.69, 9.17) is 4.74 Å². The normalized spacial score (nSPS) is 14.4. The van der Waals surface area contributed by atoms with E-state index in [1.54, 1.807) is 6.08 Å². The Balaban J connectivity index is 2.39. The first-order valence-electron chi connectivity index (χ1n) is 5.54. The zero-order valence-corrected chi connectivity index (χ0v) is 9.83. The van der Waals surface area contributed by atoms with Crippen molar-refractivity contribution in [1.29, 1.82) is 0 Å². The summed E-state index contributed by atoms with van der Waals surface area (Å²) in [6, 6.07) is 9.96. The highest BCUT2D eigenvalue weighted by molar-refractivity contribution is 5.48. The second-order valence-corrected chi connectivity index (χ2v) is 3.57. The van der Waals surface area contributed by atoms with E-state index in [-0.39, 0.29) is 0 Å². The minimum atomic E-state index is -0.711. The number of benzene rings is 1. The lowest BCUT2D eigenvalue weighted by Crippen LogP contribution is -2.24. The summed E-state index contributed by atoms with van der Waals surface area (Å²) in [5.74, 6) is 0. The Morgan fingerprint density at radius 2 is 1.88 bits per heavy atom. The van der Waals surface area contributed by atoms with Crippen molar-refractivity contribution in [3.05, 3.63) is 67.3 Å². The molecule has 2 atom stereocenters. The van der Waals surface area contributed by atoms with Crippen LogP contribution in [-0.4, -0.2) is 23.9 Å². The number of ether oxygens (including phenoxy) is 1. The molecule has 1 N–H and O–H groups in total. The molecule has 2 nitrogen and oxygen atoms in total. The maximum atomic E-state index is 9.50. The highest BCUT2D eigenvalue weighted by atomic mass is 16.5. The summed E-state index contributed by atoms with van der Waals surface area (Å²) in [6.45, 7) is 7.55. The summed E-state index contributed by atoms with van der Waals surface area (Å²) in [7, 11) is 0. The minimum absolute atomic E-state index is 0.409. The summed E-state index contributed by atoms with van der Waals surface area (Å²) in [5.41, 5.74) is 1.12. The molecule has 1 aromatic carbocycles. The van der Waals surface area contributed by atoms with Gasteiger partial charge in [-0.25, -0.2) is 0 Å². The van der Waals surface area contributed by atoms with E-state index in [2.05, 4.69) is 13.2 Å². The van der Waals surface area contributed by atoms with Gasteiger partial charge in [-0.3, -0.25) is 0 Å². The van der Waals surface area contributed by atoms with Crippen LogP contribution in [-0.2, 0) is 4.74 Å². The van der Waals surface area contributed by atoms with Crippen molar-refractivity contribution >= 4 is 6.08 Å². The molecule has 17 heavy (non-hydrogen) atoms. The molecule has 0 spiro atoms. The minimum Gasteiger partial charge on any atom is -0.386 e. The van der Waals surface area contributed by atoms with Crippen molar-refractivity contribution in [3.63, 3.8) is 0 Å². The Morgan fingerprint density at radius 1 is 1.18 bits per heavy atom. The lowest BCUT2D eigenvalue weighted by Gasteiger charge is -2.15. The second-order valence-electron chi connectivity index (χ2n) is 3.57. The smallest absolute Gasteiger partial charge is 0.105 e. The van der Waals surface area contributed by atoms with Gasteiger partial charge in [-0.2, -0.15) is 0 Å². The maximum Gasteiger partial charge on any atom is 0.105 e. The molecule has 0 fully saturated rings. The Hall–Kier alpha value is -1.64. The average molecular weight is 230 g/mol. The first-order chi connectivity index (χ1) is 8.27. The van der Waals surface area contributed by atoms with Crippen LogP contribution in [0.25, 0.3) is 6.08 Å². The van der Waals surface area contributed by atoms with Crippen LogP contribution < -0.4 is 0 Å². The van der Waals surface area contributed by atoms with E-state index in [0.29, 0.717) is 6.61 Å². The molecule has 1 rings (SSSR count). The molecule has 2 heteroatoms. The Kier molecular flexibility index (Phi) is 6.00. The van der Waals surface area contributed by atoms with Crippen LogP contribution in [0.3, 0.4) is 0 Å². The van der Waals surface area contributed by atoms with Crippen molar-refractivity contribution in [2.75, 3.05) is 6.61 Å². The number of aliphatic hydroxyl groups is 1. The summed E-state index contributed by atoms with van der Waals surface area (Å²) < 4.78 is 5.44. The molecule has 0 bridgehead atoms. The number of aliphatic hydroxyl groups excluding tert-OH is 1. The molecule has 0 heterocycles. The zero-order chi connectivity index (χ0) is 12.5. The molecule has 0 saturated carbocycles. The van der Waals surface area contributed by atoms with Crippen LogP contribution in [0.1, 0.15) is 5.56 Å². The molecule has 90 valence electrons. The zero-order valence-electron chi connectivity index (χ0n) is 9.83. The van der Waals surface area contributed by atoms with Gasteiger partial charge in [0.05, 0.1) is 6.61 Å². The van der Waals surface area contributed by atoms with Gasteiger partial charge < -0.3 is 9.84 Å². The summed E-state index contributed by atoms with van der Waals surface area (Å²) in [4.78, 5) is 0. The fourth-order valence-corrected chi connectivity index (χ4v) is 1.36. The molecule has 0 aliphatic rings. The lowest BCUT2D eigenvalue weighted by atomic mass is 10.2. The highest BCUT2D eigenvalue weighted by Gasteiger charge is 2.11. The SMILES string of the molecule is C=C[C@@H](O)[C@@H](C=C)OC/C=C/c1ccccc1. The van der Waals surface area contributed by atoms with Crippen LogP contribution in [0, 0.1) is 0 Å². The highest BCUT2D eigenvalue weighted by Crippen LogP contribution is 2.04. The molecule has 1 aromatic rings. The van der Waals surface area contributed by atoms with Crippen molar-refractivity contribution < 1.29 is 9.84 Å². The van der Waals surface area contributed by atoms with Gasteiger partial charge in [0.25, 0.3) is 0 Å². The molecular formula is C15H18O2. The predicted octanol–water partition coefficient (Wildman–Crippen LogP) is 2.82. The topological polar surface area (TPSA) is 29.5 Å². The van der Waals surface area contributed by atoms with E-state index in [1.807, 2.05) is 42.5 Å². The van der Waals surface area contributed by atoms with E-state index >= 15 is 0 Å². The predicted molar refractivity (Wildman–Crippen MR) is 71.6 cm³/mol. The van der Waals surface area contributed by atoms with Gasteiger partial charge in [0.15, 0.2) is 0 Å². The summed E-state index contributed by atoms with van der Waals surface area (Å²) in [6.07, 6.45) is 5.77. The average Bonchev–Trinajstić information content (AvgIpc) is 2.39. The molecule has 0 saturated heterocycles. The molecule has 0 radical (unpaired) electrons. The largest absolute Gasteiger partial charge is 0.386 e. The van der Waals surface area contributed by atoms with Crippen molar-refractivity contribution in [1.82, 2.24) is 0 Å². The third kappa shape index (κ3) is 4.81. The monoisotopic (exact) mass is 230 g/mol. The van der Waals surface area contributed by atoms with Crippen molar-refractivity contribution in [2.24, 2.45) is 0 Å². The van der Waals surface area contributed by atoms with Crippen LogP contribution in [0.4, 0.5) is 0 Å². The molecular weight excluding hydrogens is 212 g/mol. The van der Waals surface area contributed by atoms with E-state index in [9.17, 15) is 5.11 Å². The molecule has 0 aliphatic carbocycles. The quantitative estimate of drug-likeness (QED) is 0.730. The van der Waals surface area contributed by atoms with Crippen molar-refractivity contribution in [2.45, 2.75) is 12.2 Å². The number of hydrogen-bond acceptors (Lipinski definition) is 2. The van der Waals surface area contributed by atoms with Crippen LogP contribution in [0.2, 0.25) is 0 Å². The Morgan fingerprint density at radius 3 is 2.47 bits per heavy atom. The van der Waals surface area contributed by atoms with Crippen molar-refractivity contribution in [3.8, 4) is 0 Å². The van der Waals surface area contributed by atoms with Crippen LogP contribution in [0.15, 0.2) is 61.7 Å². The second kappa shape index (κ2) is 7.60. The van der Waals surface area contributed by atoms with Gasteiger partial charge in [0.2, 0.25) is 0 Å².